The van der Waals surface area contributed by atoms with E-state index in [0.717, 1.165) is 30.9 Å². The fraction of sp³-hybridized carbons (Fsp3) is 0.259. The zero-order valence-electron chi connectivity index (χ0n) is 19.7. The molecule has 0 spiro atoms. The number of ether oxygens (including phenoxy) is 1. The molecule has 3 amide bonds. The zero-order valence-corrected chi connectivity index (χ0v) is 19.7. The number of likely N-dealkylation sites (N-methyl/N-ethyl adjacent to an activating group) is 1. The lowest BCUT2D eigenvalue weighted by Gasteiger charge is -2.18. The molecule has 0 fully saturated rings. The topological polar surface area (TPSA) is 82.7 Å². The van der Waals surface area contributed by atoms with Gasteiger partial charge in [-0.2, -0.15) is 0 Å². The standard InChI is InChI=1S/C27H32N4O3/c1-3-31(4-2)19-18-28-26(32)22-10-12-23(13-11-22)29-27(33)30-24-14-16-25(17-15-24)34-20-21-8-6-5-7-9-21/h5-17H,3-4,18-20H2,1-2H3,(H,28,32)(H2,29,30,33). The highest BCUT2D eigenvalue weighted by molar-refractivity contribution is 6.00. The lowest BCUT2D eigenvalue weighted by atomic mass is 10.2. The Kier molecular flexibility index (Phi) is 9.49. The monoisotopic (exact) mass is 460 g/mol. The lowest BCUT2D eigenvalue weighted by molar-refractivity contribution is 0.0949. The van der Waals surface area contributed by atoms with Gasteiger partial charge in [0.05, 0.1) is 0 Å². The average Bonchev–Trinajstić information content (AvgIpc) is 2.87. The molecule has 3 N–H and O–H groups in total. The number of hydrogen-bond donors (Lipinski definition) is 3. The van der Waals surface area contributed by atoms with Crippen LogP contribution in [0, 0.1) is 0 Å². The number of anilines is 2. The Morgan fingerprint density at radius 2 is 1.38 bits per heavy atom. The summed E-state index contributed by atoms with van der Waals surface area (Å²) in [6.45, 7) is 8.02. The highest BCUT2D eigenvalue weighted by atomic mass is 16.5. The first-order chi connectivity index (χ1) is 16.6. The van der Waals surface area contributed by atoms with Crippen molar-refractivity contribution < 1.29 is 14.3 Å². The van der Waals surface area contributed by atoms with E-state index in [0.29, 0.717) is 30.1 Å². The van der Waals surface area contributed by atoms with Crippen molar-refractivity contribution in [1.82, 2.24) is 10.2 Å². The van der Waals surface area contributed by atoms with Crippen LogP contribution in [0.2, 0.25) is 0 Å². The summed E-state index contributed by atoms with van der Waals surface area (Å²) in [7, 11) is 0. The molecule has 0 aliphatic heterocycles. The van der Waals surface area contributed by atoms with Crippen LogP contribution in [0.3, 0.4) is 0 Å². The molecular formula is C27H32N4O3. The smallest absolute Gasteiger partial charge is 0.323 e. The van der Waals surface area contributed by atoms with E-state index in [-0.39, 0.29) is 11.9 Å². The van der Waals surface area contributed by atoms with Crippen molar-refractivity contribution in [2.24, 2.45) is 0 Å². The highest BCUT2D eigenvalue weighted by Gasteiger charge is 2.08. The molecule has 3 aromatic carbocycles. The first-order valence-corrected chi connectivity index (χ1v) is 11.5. The largest absolute Gasteiger partial charge is 0.489 e. The molecular weight excluding hydrogens is 428 g/mol. The molecule has 178 valence electrons. The van der Waals surface area contributed by atoms with E-state index < -0.39 is 0 Å². The molecule has 0 saturated heterocycles. The maximum atomic E-state index is 12.3. The molecule has 3 rings (SSSR count). The van der Waals surface area contributed by atoms with Gasteiger partial charge in [0.15, 0.2) is 0 Å². The minimum atomic E-state index is -0.366. The van der Waals surface area contributed by atoms with Gasteiger partial charge in [-0.05, 0) is 67.2 Å². The van der Waals surface area contributed by atoms with Crippen LogP contribution in [0.5, 0.6) is 5.75 Å². The van der Waals surface area contributed by atoms with Gasteiger partial charge < -0.3 is 25.6 Å². The van der Waals surface area contributed by atoms with E-state index in [4.69, 9.17) is 4.74 Å². The Morgan fingerprint density at radius 3 is 1.97 bits per heavy atom. The Balaban J connectivity index is 1.43. The highest BCUT2D eigenvalue weighted by Crippen LogP contribution is 2.18. The van der Waals surface area contributed by atoms with Gasteiger partial charge >= 0.3 is 6.03 Å². The minimum Gasteiger partial charge on any atom is -0.489 e. The number of amides is 3. The minimum absolute atomic E-state index is 0.127. The van der Waals surface area contributed by atoms with Gasteiger partial charge in [-0.15, -0.1) is 0 Å². The van der Waals surface area contributed by atoms with Crippen molar-refractivity contribution in [2.45, 2.75) is 20.5 Å². The Morgan fingerprint density at radius 1 is 0.794 bits per heavy atom. The van der Waals surface area contributed by atoms with E-state index in [9.17, 15) is 9.59 Å². The summed E-state index contributed by atoms with van der Waals surface area (Å²) in [6, 6.07) is 23.6. The maximum absolute atomic E-state index is 12.3. The van der Waals surface area contributed by atoms with Gasteiger partial charge in [-0.3, -0.25) is 4.79 Å². The molecule has 0 aliphatic carbocycles. The number of benzene rings is 3. The third kappa shape index (κ3) is 7.94. The van der Waals surface area contributed by atoms with Crippen LogP contribution in [-0.2, 0) is 6.61 Å². The van der Waals surface area contributed by atoms with Crippen molar-refractivity contribution in [3.8, 4) is 5.75 Å². The molecule has 0 saturated carbocycles. The molecule has 0 bridgehead atoms. The van der Waals surface area contributed by atoms with Crippen molar-refractivity contribution in [1.29, 1.82) is 0 Å². The summed E-state index contributed by atoms with van der Waals surface area (Å²) >= 11 is 0. The van der Waals surface area contributed by atoms with Crippen LogP contribution in [0.15, 0.2) is 78.9 Å². The number of nitrogens with one attached hydrogen (secondary N) is 3. The molecule has 0 aromatic heterocycles. The second kappa shape index (κ2) is 13.0. The van der Waals surface area contributed by atoms with Crippen molar-refractivity contribution >= 4 is 23.3 Å². The van der Waals surface area contributed by atoms with Crippen LogP contribution in [-0.4, -0.2) is 43.0 Å². The molecule has 0 unspecified atom stereocenters. The Hall–Kier alpha value is -3.84. The normalized spacial score (nSPS) is 10.6. The number of rotatable bonds is 11. The van der Waals surface area contributed by atoms with E-state index in [1.807, 2.05) is 42.5 Å². The molecule has 7 heteroatoms. The predicted octanol–water partition coefficient (Wildman–Crippen LogP) is 4.98. The van der Waals surface area contributed by atoms with Crippen LogP contribution < -0.4 is 20.7 Å². The summed E-state index contributed by atoms with van der Waals surface area (Å²) in [5.41, 5.74) is 2.89. The van der Waals surface area contributed by atoms with Crippen molar-refractivity contribution in [3.05, 3.63) is 90.0 Å². The number of carbonyl (C=O) groups excluding carboxylic acids is 2. The van der Waals surface area contributed by atoms with Crippen LogP contribution in [0.25, 0.3) is 0 Å². The molecule has 0 aliphatic rings. The van der Waals surface area contributed by atoms with E-state index >= 15 is 0 Å². The van der Waals surface area contributed by atoms with Gasteiger partial charge in [0, 0.05) is 30.0 Å². The number of nitrogens with zero attached hydrogens (tertiary/aromatic N) is 1. The molecule has 0 atom stereocenters. The van der Waals surface area contributed by atoms with Crippen molar-refractivity contribution in [3.63, 3.8) is 0 Å². The quantitative estimate of drug-likeness (QED) is 0.377. The first kappa shape index (κ1) is 24.8. The zero-order chi connectivity index (χ0) is 24.2. The summed E-state index contributed by atoms with van der Waals surface area (Å²) in [6.07, 6.45) is 0. The Labute approximate surface area is 201 Å². The summed E-state index contributed by atoms with van der Waals surface area (Å²) in [5, 5.41) is 8.48. The summed E-state index contributed by atoms with van der Waals surface area (Å²) in [4.78, 5) is 26.9. The predicted molar refractivity (Wildman–Crippen MR) is 136 cm³/mol. The third-order valence-corrected chi connectivity index (χ3v) is 5.37. The maximum Gasteiger partial charge on any atom is 0.323 e. The van der Waals surface area contributed by atoms with E-state index in [2.05, 4.69) is 34.7 Å². The van der Waals surface area contributed by atoms with Gasteiger partial charge in [-0.25, -0.2) is 4.79 Å². The number of hydrogen-bond acceptors (Lipinski definition) is 4. The van der Waals surface area contributed by atoms with Crippen molar-refractivity contribution in [2.75, 3.05) is 36.8 Å². The average molecular weight is 461 g/mol. The molecule has 0 heterocycles. The van der Waals surface area contributed by atoms with Gasteiger partial charge in [0.2, 0.25) is 0 Å². The molecule has 7 nitrogen and oxygen atoms in total. The van der Waals surface area contributed by atoms with Crippen LogP contribution >= 0.6 is 0 Å². The molecule has 0 radical (unpaired) electrons. The van der Waals surface area contributed by atoms with Gasteiger partial charge in [-0.1, -0.05) is 44.2 Å². The van der Waals surface area contributed by atoms with Crippen LogP contribution in [0.4, 0.5) is 16.2 Å². The van der Waals surface area contributed by atoms with Gasteiger partial charge in [0.1, 0.15) is 12.4 Å². The Bertz CT molecular complexity index is 1030. The van der Waals surface area contributed by atoms with Gasteiger partial charge in [0.25, 0.3) is 5.91 Å². The fourth-order valence-electron chi connectivity index (χ4n) is 3.34. The van der Waals surface area contributed by atoms with E-state index in [1.54, 1.807) is 36.4 Å². The number of carbonyl (C=O) groups is 2. The van der Waals surface area contributed by atoms with Crippen LogP contribution in [0.1, 0.15) is 29.8 Å². The third-order valence-electron chi connectivity index (χ3n) is 5.37. The SMILES string of the molecule is CCN(CC)CCNC(=O)c1ccc(NC(=O)Nc2ccc(OCc3ccccc3)cc2)cc1. The summed E-state index contributed by atoms with van der Waals surface area (Å²) < 4.78 is 5.76. The fourth-order valence-corrected chi connectivity index (χ4v) is 3.34. The molecule has 34 heavy (non-hydrogen) atoms. The molecule has 3 aromatic rings. The second-order valence-corrected chi connectivity index (χ2v) is 7.74. The summed E-state index contributed by atoms with van der Waals surface area (Å²) in [5.74, 6) is 0.596. The lowest BCUT2D eigenvalue weighted by Crippen LogP contribution is -2.34. The first-order valence-electron chi connectivity index (χ1n) is 11.5. The number of urea groups is 1. The second-order valence-electron chi connectivity index (χ2n) is 7.74. The van der Waals surface area contributed by atoms with E-state index in [1.165, 1.54) is 0 Å².